The number of ether oxygens (including phenoxy) is 1. The summed E-state index contributed by atoms with van der Waals surface area (Å²) in [7, 11) is 0. The Morgan fingerprint density at radius 1 is 1.14 bits per heavy atom. The molecule has 0 aliphatic heterocycles. The van der Waals surface area contributed by atoms with Crippen molar-refractivity contribution in [1.82, 2.24) is 0 Å². The molecule has 1 unspecified atom stereocenters. The van der Waals surface area contributed by atoms with Crippen LogP contribution in [0.25, 0.3) is 0 Å². The molecule has 0 saturated carbocycles. The monoisotopic (exact) mass is 347 g/mol. The van der Waals surface area contributed by atoms with Gasteiger partial charge in [-0.1, -0.05) is 52.7 Å². The van der Waals surface area contributed by atoms with E-state index in [-0.39, 0.29) is 6.04 Å². The standard InChI is InChI=1S/C18H22BrNO/c1-3-17(20)11-15-10-13(2)4-9-18(15)21-12-14-5-7-16(19)8-6-14/h4-10,17H,3,11-12,20H2,1-2H3. The van der Waals surface area contributed by atoms with Crippen LogP contribution in [0.4, 0.5) is 0 Å². The van der Waals surface area contributed by atoms with Crippen LogP contribution in [0, 0.1) is 6.92 Å². The number of halogens is 1. The molecule has 21 heavy (non-hydrogen) atoms. The Kier molecular flexibility index (Phi) is 5.83. The van der Waals surface area contributed by atoms with Gasteiger partial charge in [0.05, 0.1) is 0 Å². The molecule has 2 aromatic carbocycles. The molecule has 112 valence electrons. The Morgan fingerprint density at radius 2 is 1.86 bits per heavy atom. The lowest BCUT2D eigenvalue weighted by molar-refractivity contribution is 0.302. The minimum atomic E-state index is 0.182. The summed E-state index contributed by atoms with van der Waals surface area (Å²) in [6.07, 6.45) is 1.83. The van der Waals surface area contributed by atoms with Gasteiger partial charge in [0, 0.05) is 10.5 Å². The third-order valence-corrected chi connectivity index (χ3v) is 4.06. The van der Waals surface area contributed by atoms with E-state index in [4.69, 9.17) is 10.5 Å². The Balaban J connectivity index is 2.09. The highest BCUT2D eigenvalue weighted by atomic mass is 79.9. The first-order valence-electron chi connectivity index (χ1n) is 7.31. The molecular formula is C18H22BrNO. The second-order valence-corrected chi connectivity index (χ2v) is 6.31. The summed E-state index contributed by atoms with van der Waals surface area (Å²) in [6.45, 7) is 4.78. The summed E-state index contributed by atoms with van der Waals surface area (Å²) < 4.78 is 7.07. The van der Waals surface area contributed by atoms with Gasteiger partial charge >= 0.3 is 0 Å². The fourth-order valence-electron chi connectivity index (χ4n) is 2.18. The Labute approximate surface area is 135 Å². The van der Waals surface area contributed by atoms with E-state index in [9.17, 15) is 0 Å². The third-order valence-electron chi connectivity index (χ3n) is 3.53. The molecule has 0 spiro atoms. The Morgan fingerprint density at radius 3 is 2.52 bits per heavy atom. The first kappa shape index (κ1) is 16.1. The summed E-state index contributed by atoms with van der Waals surface area (Å²) in [5.74, 6) is 0.937. The van der Waals surface area contributed by atoms with Crippen LogP contribution in [0.1, 0.15) is 30.0 Å². The minimum absolute atomic E-state index is 0.182. The second kappa shape index (κ2) is 7.62. The normalized spacial score (nSPS) is 12.2. The van der Waals surface area contributed by atoms with Crippen molar-refractivity contribution in [1.29, 1.82) is 0 Å². The number of nitrogens with two attached hydrogens (primary N) is 1. The van der Waals surface area contributed by atoms with Gasteiger partial charge in [0.2, 0.25) is 0 Å². The van der Waals surface area contributed by atoms with E-state index in [1.165, 1.54) is 11.1 Å². The zero-order chi connectivity index (χ0) is 15.2. The van der Waals surface area contributed by atoms with Crippen molar-refractivity contribution < 1.29 is 4.74 Å². The van der Waals surface area contributed by atoms with Gasteiger partial charge in [0.1, 0.15) is 12.4 Å². The van der Waals surface area contributed by atoms with Gasteiger partial charge in [-0.25, -0.2) is 0 Å². The summed E-state index contributed by atoms with van der Waals surface area (Å²) in [6, 6.07) is 14.7. The van der Waals surface area contributed by atoms with Crippen LogP contribution in [0.15, 0.2) is 46.9 Å². The molecule has 3 heteroatoms. The summed E-state index contributed by atoms with van der Waals surface area (Å²) >= 11 is 3.44. The van der Waals surface area contributed by atoms with Crippen molar-refractivity contribution in [2.45, 2.75) is 39.3 Å². The number of benzene rings is 2. The molecule has 0 radical (unpaired) electrons. The van der Waals surface area contributed by atoms with Crippen molar-refractivity contribution in [3.8, 4) is 5.75 Å². The van der Waals surface area contributed by atoms with Crippen LogP contribution in [0.5, 0.6) is 5.75 Å². The molecule has 2 rings (SSSR count). The Hall–Kier alpha value is -1.32. The molecule has 1 atom stereocenters. The predicted octanol–water partition coefficient (Wildman–Crippen LogP) is 4.62. The van der Waals surface area contributed by atoms with Crippen molar-refractivity contribution in [3.63, 3.8) is 0 Å². The number of aryl methyl sites for hydroxylation is 1. The first-order chi connectivity index (χ1) is 10.1. The third kappa shape index (κ3) is 4.87. The Bertz CT molecular complexity index is 580. The largest absolute Gasteiger partial charge is 0.489 e. The molecule has 0 heterocycles. The SMILES string of the molecule is CCC(N)Cc1cc(C)ccc1OCc1ccc(Br)cc1. The summed E-state index contributed by atoms with van der Waals surface area (Å²) in [5, 5.41) is 0. The molecule has 0 aliphatic carbocycles. The first-order valence-corrected chi connectivity index (χ1v) is 8.10. The molecule has 0 bridgehead atoms. The van der Waals surface area contributed by atoms with E-state index in [2.05, 4.69) is 54.0 Å². The fourth-order valence-corrected chi connectivity index (χ4v) is 2.44. The number of hydrogen-bond donors (Lipinski definition) is 1. The smallest absolute Gasteiger partial charge is 0.123 e. The van der Waals surface area contributed by atoms with Crippen LogP contribution < -0.4 is 10.5 Å². The molecule has 0 amide bonds. The van der Waals surface area contributed by atoms with Crippen molar-refractivity contribution in [2.75, 3.05) is 0 Å². The quantitative estimate of drug-likeness (QED) is 0.827. The van der Waals surface area contributed by atoms with Gasteiger partial charge < -0.3 is 10.5 Å². The van der Waals surface area contributed by atoms with Crippen molar-refractivity contribution in [2.24, 2.45) is 5.73 Å². The molecule has 0 fully saturated rings. The van der Waals surface area contributed by atoms with E-state index in [1.807, 2.05) is 18.2 Å². The molecule has 2 aromatic rings. The second-order valence-electron chi connectivity index (χ2n) is 5.40. The van der Waals surface area contributed by atoms with E-state index >= 15 is 0 Å². The van der Waals surface area contributed by atoms with E-state index in [0.29, 0.717) is 6.61 Å². The molecule has 0 saturated heterocycles. The molecule has 2 N–H and O–H groups in total. The van der Waals surface area contributed by atoms with Crippen LogP contribution in [-0.2, 0) is 13.0 Å². The maximum atomic E-state index is 6.09. The molecular weight excluding hydrogens is 326 g/mol. The molecule has 0 aliphatic rings. The lowest BCUT2D eigenvalue weighted by Gasteiger charge is -2.15. The van der Waals surface area contributed by atoms with Gasteiger partial charge in [-0.15, -0.1) is 0 Å². The van der Waals surface area contributed by atoms with E-state index < -0.39 is 0 Å². The average molecular weight is 348 g/mol. The van der Waals surface area contributed by atoms with Gasteiger partial charge in [0.15, 0.2) is 0 Å². The zero-order valence-corrected chi connectivity index (χ0v) is 14.2. The summed E-state index contributed by atoms with van der Waals surface area (Å²) in [5.41, 5.74) is 9.68. The van der Waals surface area contributed by atoms with E-state index in [0.717, 1.165) is 28.6 Å². The maximum Gasteiger partial charge on any atom is 0.123 e. The van der Waals surface area contributed by atoms with Gasteiger partial charge in [-0.3, -0.25) is 0 Å². The number of rotatable bonds is 6. The van der Waals surface area contributed by atoms with Crippen molar-refractivity contribution >= 4 is 15.9 Å². The van der Waals surface area contributed by atoms with Gasteiger partial charge in [0.25, 0.3) is 0 Å². The van der Waals surface area contributed by atoms with Crippen LogP contribution in [0.2, 0.25) is 0 Å². The highest BCUT2D eigenvalue weighted by Crippen LogP contribution is 2.23. The average Bonchev–Trinajstić information content (AvgIpc) is 2.48. The van der Waals surface area contributed by atoms with Crippen LogP contribution in [-0.4, -0.2) is 6.04 Å². The topological polar surface area (TPSA) is 35.2 Å². The van der Waals surface area contributed by atoms with Gasteiger partial charge in [-0.05, 0) is 49.1 Å². The lowest BCUT2D eigenvalue weighted by atomic mass is 10.0. The lowest BCUT2D eigenvalue weighted by Crippen LogP contribution is -2.21. The predicted molar refractivity (Wildman–Crippen MR) is 91.6 cm³/mol. The number of hydrogen-bond acceptors (Lipinski definition) is 2. The van der Waals surface area contributed by atoms with Crippen LogP contribution in [0.3, 0.4) is 0 Å². The fraction of sp³-hybridized carbons (Fsp3) is 0.333. The highest BCUT2D eigenvalue weighted by molar-refractivity contribution is 9.10. The summed E-state index contributed by atoms with van der Waals surface area (Å²) in [4.78, 5) is 0. The zero-order valence-electron chi connectivity index (χ0n) is 12.6. The van der Waals surface area contributed by atoms with E-state index in [1.54, 1.807) is 0 Å². The highest BCUT2D eigenvalue weighted by Gasteiger charge is 2.08. The molecule has 2 nitrogen and oxygen atoms in total. The molecule has 0 aromatic heterocycles. The minimum Gasteiger partial charge on any atom is -0.489 e. The maximum absolute atomic E-state index is 6.09. The van der Waals surface area contributed by atoms with Crippen LogP contribution >= 0.6 is 15.9 Å². The van der Waals surface area contributed by atoms with Crippen molar-refractivity contribution in [3.05, 3.63) is 63.6 Å². The van der Waals surface area contributed by atoms with Gasteiger partial charge in [-0.2, -0.15) is 0 Å².